The number of aryl methyl sites for hydroxylation is 1. The number of aromatic nitrogens is 4. The van der Waals surface area contributed by atoms with Crippen LogP contribution in [0.5, 0.6) is 0 Å². The van der Waals surface area contributed by atoms with Crippen LogP contribution in [0.3, 0.4) is 0 Å². The zero-order valence-electron chi connectivity index (χ0n) is 8.08. The lowest BCUT2D eigenvalue weighted by molar-refractivity contribution is 0.933. The minimum atomic E-state index is 0.930. The fraction of sp³-hybridized carbons (Fsp3) is 0.100. The van der Waals surface area contributed by atoms with Crippen molar-refractivity contribution in [2.24, 2.45) is 0 Å². The second-order valence-electron chi connectivity index (χ2n) is 3.21. The zero-order chi connectivity index (χ0) is 10.3. The zero-order valence-corrected chi connectivity index (χ0v) is 8.90. The maximum atomic E-state index is 4.18. The first-order valence-corrected chi connectivity index (χ1v) is 5.37. The topological polar surface area (TPSA) is 43.1 Å². The molecule has 15 heavy (non-hydrogen) atoms. The molecular formula is C10H8N4S. The molecule has 4 nitrogen and oxygen atoms in total. The fourth-order valence-electron chi connectivity index (χ4n) is 1.56. The molecule has 3 aromatic rings. The fourth-order valence-corrected chi connectivity index (χ4v) is 2.60. The molecule has 0 atom stereocenters. The van der Waals surface area contributed by atoms with Crippen LogP contribution in [-0.2, 0) is 0 Å². The van der Waals surface area contributed by atoms with Crippen LogP contribution in [0.25, 0.3) is 15.4 Å². The SMILES string of the molecule is Cc1c(-c2ccncc2)sc2ncnn12. The predicted octanol–water partition coefficient (Wildman–Crippen LogP) is 2.16. The van der Waals surface area contributed by atoms with E-state index >= 15 is 0 Å². The number of hydrogen-bond donors (Lipinski definition) is 0. The largest absolute Gasteiger partial charge is 0.265 e. The van der Waals surface area contributed by atoms with Crippen LogP contribution in [0.15, 0.2) is 30.9 Å². The van der Waals surface area contributed by atoms with Gasteiger partial charge in [-0.1, -0.05) is 11.3 Å². The Kier molecular flexibility index (Phi) is 1.78. The number of pyridine rings is 1. The Morgan fingerprint density at radius 1 is 1.27 bits per heavy atom. The average Bonchev–Trinajstić information content (AvgIpc) is 2.83. The van der Waals surface area contributed by atoms with Crippen LogP contribution in [0, 0.1) is 6.92 Å². The highest BCUT2D eigenvalue weighted by atomic mass is 32.1. The first-order valence-electron chi connectivity index (χ1n) is 4.56. The van der Waals surface area contributed by atoms with Crippen LogP contribution in [0.4, 0.5) is 0 Å². The molecule has 0 aliphatic heterocycles. The van der Waals surface area contributed by atoms with E-state index in [1.165, 1.54) is 10.4 Å². The molecule has 0 aromatic carbocycles. The van der Waals surface area contributed by atoms with Gasteiger partial charge in [-0.25, -0.2) is 9.50 Å². The summed E-state index contributed by atoms with van der Waals surface area (Å²) in [5.74, 6) is 0. The molecule has 0 aliphatic carbocycles. The maximum Gasteiger partial charge on any atom is 0.212 e. The Morgan fingerprint density at radius 2 is 2.07 bits per heavy atom. The van der Waals surface area contributed by atoms with Gasteiger partial charge in [0.05, 0.1) is 10.6 Å². The number of hydrogen-bond acceptors (Lipinski definition) is 4. The summed E-state index contributed by atoms with van der Waals surface area (Å²) in [6, 6.07) is 4.00. The van der Waals surface area contributed by atoms with E-state index in [-0.39, 0.29) is 0 Å². The van der Waals surface area contributed by atoms with Gasteiger partial charge in [-0.05, 0) is 24.6 Å². The van der Waals surface area contributed by atoms with Gasteiger partial charge in [0.25, 0.3) is 0 Å². The van der Waals surface area contributed by atoms with E-state index in [0.717, 1.165) is 10.7 Å². The number of rotatable bonds is 1. The molecule has 0 fully saturated rings. The van der Waals surface area contributed by atoms with Crippen molar-refractivity contribution in [1.29, 1.82) is 0 Å². The van der Waals surface area contributed by atoms with Crippen molar-refractivity contribution in [1.82, 2.24) is 19.6 Å². The highest BCUT2D eigenvalue weighted by molar-refractivity contribution is 7.20. The van der Waals surface area contributed by atoms with Gasteiger partial charge in [-0.2, -0.15) is 5.10 Å². The van der Waals surface area contributed by atoms with Gasteiger partial charge in [0.2, 0.25) is 4.96 Å². The van der Waals surface area contributed by atoms with Gasteiger partial charge in [-0.15, -0.1) is 0 Å². The van der Waals surface area contributed by atoms with Gasteiger partial charge < -0.3 is 0 Å². The lowest BCUT2D eigenvalue weighted by atomic mass is 10.2. The van der Waals surface area contributed by atoms with Crippen molar-refractivity contribution in [2.45, 2.75) is 6.92 Å². The molecule has 0 unspecified atom stereocenters. The van der Waals surface area contributed by atoms with E-state index in [2.05, 4.69) is 15.1 Å². The van der Waals surface area contributed by atoms with Crippen molar-refractivity contribution in [3.63, 3.8) is 0 Å². The van der Waals surface area contributed by atoms with E-state index in [1.54, 1.807) is 30.1 Å². The number of nitrogens with zero attached hydrogens (tertiary/aromatic N) is 4. The van der Waals surface area contributed by atoms with E-state index in [4.69, 9.17) is 0 Å². The molecule has 3 rings (SSSR count). The standard InChI is InChI=1S/C10H8N4S/c1-7-9(8-2-4-11-5-3-8)15-10-12-6-13-14(7)10/h2-6H,1H3. The molecule has 5 heteroatoms. The molecule has 0 amide bonds. The van der Waals surface area contributed by atoms with Crippen LogP contribution in [0.1, 0.15) is 5.69 Å². The predicted molar refractivity (Wildman–Crippen MR) is 58.8 cm³/mol. The summed E-state index contributed by atoms with van der Waals surface area (Å²) in [6.45, 7) is 2.05. The van der Waals surface area contributed by atoms with Crippen molar-refractivity contribution in [3.8, 4) is 10.4 Å². The molecule has 0 saturated carbocycles. The van der Waals surface area contributed by atoms with Crippen LogP contribution in [0.2, 0.25) is 0 Å². The van der Waals surface area contributed by atoms with Crippen LogP contribution < -0.4 is 0 Å². The first-order chi connectivity index (χ1) is 7.36. The third kappa shape index (κ3) is 1.24. The minimum absolute atomic E-state index is 0.930. The second kappa shape index (κ2) is 3.13. The molecule has 3 aromatic heterocycles. The van der Waals surface area contributed by atoms with E-state index < -0.39 is 0 Å². The lowest BCUT2D eigenvalue weighted by Crippen LogP contribution is -1.87. The van der Waals surface area contributed by atoms with Crippen molar-refractivity contribution < 1.29 is 0 Å². The van der Waals surface area contributed by atoms with Crippen molar-refractivity contribution in [2.75, 3.05) is 0 Å². The summed E-state index contributed by atoms with van der Waals surface area (Å²) in [6.07, 6.45) is 5.17. The van der Waals surface area contributed by atoms with Gasteiger partial charge in [0.15, 0.2) is 0 Å². The molecule has 0 N–H and O–H groups in total. The van der Waals surface area contributed by atoms with Gasteiger partial charge in [0.1, 0.15) is 6.33 Å². The van der Waals surface area contributed by atoms with Gasteiger partial charge in [-0.3, -0.25) is 4.98 Å². The highest BCUT2D eigenvalue weighted by Gasteiger charge is 2.10. The maximum absolute atomic E-state index is 4.18. The Balaban J connectivity index is 2.27. The number of thiazole rings is 1. The summed E-state index contributed by atoms with van der Waals surface area (Å²) in [5.41, 5.74) is 2.29. The summed E-state index contributed by atoms with van der Waals surface area (Å²) in [7, 11) is 0. The molecular weight excluding hydrogens is 208 g/mol. The highest BCUT2D eigenvalue weighted by Crippen LogP contribution is 2.30. The molecule has 3 heterocycles. The Morgan fingerprint density at radius 3 is 2.80 bits per heavy atom. The molecule has 0 bridgehead atoms. The van der Waals surface area contributed by atoms with Crippen LogP contribution >= 0.6 is 11.3 Å². The number of fused-ring (bicyclic) bond motifs is 1. The normalized spacial score (nSPS) is 11.0. The van der Waals surface area contributed by atoms with E-state index in [1.807, 2.05) is 23.6 Å². The van der Waals surface area contributed by atoms with Crippen molar-refractivity contribution >= 4 is 16.3 Å². The minimum Gasteiger partial charge on any atom is -0.265 e. The quantitative estimate of drug-likeness (QED) is 0.626. The third-order valence-electron chi connectivity index (χ3n) is 2.30. The summed E-state index contributed by atoms with van der Waals surface area (Å²) >= 11 is 1.65. The Bertz CT molecular complexity index is 596. The van der Waals surface area contributed by atoms with E-state index in [9.17, 15) is 0 Å². The Hall–Kier alpha value is -1.75. The lowest BCUT2D eigenvalue weighted by Gasteiger charge is -1.97. The first kappa shape index (κ1) is 8.55. The molecule has 0 aliphatic rings. The van der Waals surface area contributed by atoms with Gasteiger partial charge in [0, 0.05) is 12.4 Å². The van der Waals surface area contributed by atoms with E-state index in [0.29, 0.717) is 0 Å². The van der Waals surface area contributed by atoms with Crippen LogP contribution in [-0.4, -0.2) is 19.6 Å². The summed E-state index contributed by atoms with van der Waals surface area (Å²) in [5, 5.41) is 4.16. The second-order valence-corrected chi connectivity index (χ2v) is 4.18. The molecule has 0 radical (unpaired) electrons. The van der Waals surface area contributed by atoms with Crippen molar-refractivity contribution in [3.05, 3.63) is 36.5 Å². The van der Waals surface area contributed by atoms with Gasteiger partial charge >= 0.3 is 0 Å². The third-order valence-corrected chi connectivity index (χ3v) is 3.49. The smallest absolute Gasteiger partial charge is 0.212 e. The monoisotopic (exact) mass is 216 g/mol. The Labute approximate surface area is 90.2 Å². The molecule has 0 saturated heterocycles. The average molecular weight is 216 g/mol. The molecule has 74 valence electrons. The summed E-state index contributed by atoms with van der Waals surface area (Å²) in [4.78, 5) is 10.3. The molecule has 0 spiro atoms. The summed E-state index contributed by atoms with van der Waals surface area (Å²) < 4.78 is 1.86.